The first-order valence-corrected chi connectivity index (χ1v) is 20.9. The van der Waals surface area contributed by atoms with E-state index in [4.69, 9.17) is 28.4 Å². The number of unbranched alkanes of at least 4 members (excludes halogenated alkanes) is 12. The monoisotopic (exact) mass is 804 g/mol. The second-order valence-electron chi connectivity index (χ2n) is 14.8. The summed E-state index contributed by atoms with van der Waals surface area (Å²) in [5.74, 6) is -0.964. The molecular formula is C41H72O15. The Morgan fingerprint density at radius 1 is 0.571 bits per heavy atom. The molecular weight excluding hydrogens is 732 g/mol. The average molecular weight is 805 g/mol. The summed E-state index contributed by atoms with van der Waals surface area (Å²) in [5.41, 5.74) is 0. The second-order valence-corrected chi connectivity index (χ2v) is 14.8. The van der Waals surface area contributed by atoms with Crippen molar-refractivity contribution in [2.24, 2.45) is 0 Å². The van der Waals surface area contributed by atoms with Crippen LogP contribution in [0.15, 0.2) is 24.3 Å². The highest BCUT2D eigenvalue weighted by Gasteiger charge is 2.47. The van der Waals surface area contributed by atoms with Crippen molar-refractivity contribution in [3.8, 4) is 0 Å². The van der Waals surface area contributed by atoms with E-state index in [0.29, 0.717) is 12.8 Å². The van der Waals surface area contributed by atoms with E-state index in [1.165, 1.54) is 32.1 Å². The van der Waals surface area contributed by atoms with Gasteiger partial charge < -0.3 is 64.2 Å². The first kappa shape index (κ1) is 50.1. The van der Waals surface area contributed by atoms with Gasteiger partial charge in [0.05, 0.1) is 19.8 Å². The zero-order valence-electron chi connectivity index (χ0n) is 33.6. The zero-order chi connectivity index (χ0) is 41.1. The van der Waals surface area contributed by atoms with Gasteiger partial charge in [-0.05, 0) is 44.9 Å². The Morgan fingerprint density at radius 2 is 1.07 bits per heavy atom. The summed E-state index contributed by atoms with van der Waals surface area (Å²) < 4.78 is 33.1. The predicted octanol–water partition coefficient (Wildman–Crippen LogP) is 3.26. The Kier molecular flexibility index (Phi) is 26.9. The smallest absolute Gasteiger partial charge is 0.306 e. The third-order valence-electron chi connectivity index (χ3n) is 9.93. The normalized spacial score (nSPS) is 28.9. The lowest BCUT2D eigenvalue weighted by Gasteiger charge is -2.42. The van der Waals surface area contributed by atoms with E-state index in [0.717, 1.165) is 57.8 Å². The molecule has 15 nitrogen and oxygen atoms in total. The van der Waals surface area contributed by atoms with Crippen molar-refractivity contribution in [3.63, 3.8) is 0 Å². The molecule has 2 saturated heterocycles. The standard InChI is InChI=1S/C41H72O15/c1-3-5-7-8-9-10-11-12-13-14-15-16-17-18-19-20-22-24-33(44)54-29(26-51-32(43)23-21-6-4-2)27-52-40-39(50)37(48)35(46)31(56-40)28-53-41-38(49)36(47)34(45)30(25-42)55-41/h9-10,12-13,29-31,34-42,45-50H,3-8,11,14-28H2,1-2H3/b10-9-,13-12-. The number of aliphatic hydroxyl groups excluding tert-OH is 7. The molecule has 11 unspecified atom stereocenters. The van der Waals surface area contributed by atoms with Gasteiger partial charge in [-0.3, -0.25) is 9.59 Å². The van der Waals surface area contributed by atoms with Crippen LogP contribution in [0, 0.1) is 0 Å². The van der Waals surface area contributed by atoms with E-state index in [1.807, 2.05) is 6.92 Å². The van der Waals surface area contributed by atoms with Crippen LogP contribution in [0.2, 0.25) is 0 Å². The molecule has 2 rings (SSSR count). The van der Waals surface area contributed by atoms with Gasteiger partial charge in [-0.25, -0.2) is 0 Å². The number of aliphatic hydroxyl groups is 7. The van der Waals surface area contributed by atoms with E-state index < -0.39 is 92.7 Å². The lowest BCUT2D eigenvalue weighted by molar-refractivity contribution is -0.332. The highest BCUT2D eigenvalue weighted by atomic mass is 16.7. The molecule has 0 aliphatic carbocycles. The van der Waals surface area contributed by atoms with Crippen LogP contribution in [0.5, 0.6) is 0 Å². The van der Waals surface area contributed by atoms with Crippen molar-refractivity contribution in [1.29, 1.82) is 0 Å². The Labute approximate surface area is 333 Å². The quantitative estimate of drug-likeness (QED) is 0.0314. The summed E-state index contributed by atoms with van der Waals surface area (Å²) >= 11 is 0. The third kappa shape index (κ3) is 19.6. The summed E-state index contributed by atoms with van der Waals surface area (Å²) in [5, 5.41) is 71.4. The maximum absolute atomic E-state index is 12.8. The first-order valence-electron chi connectivity index (χ1n) is 20.9. The highest BCUT2D eigenvalue weighted by molar-refractivity contribution is 5.70. The van der Waals surface area contributed by atoms with Crippen molar-refractivity contribution < 1.29 is 73.8 Å². The van der Waals surface area contributed by atoms with Crippen molar-refractivity contribution in [3.05, 3.63) is 24.3 Å². The van der Waals surface area contributed by atoms with Crippen LogP contribution in [-0.4, -0.2) is 142 Å². The molecule has 11 atom stereocenters. The second kappa shape index (κ2) is 30.1. The van der Waals surface area contributed by atoms with Crippen LogP contribution >= 0.6 is 0 Å². The topological polar surface area (TPSA) is 231 Å². The molecule has 2 aliphatic heterocycles. The summed E-state index contributed by atoms with van der Waals surface area (Å²) in [7, 11) is 0. The van der Waals surface area contributed by atoms with Crippen LogP contribution in [0.3, 0.4) is 0 Å². The number of rotatable bonds is 30. The Balaban J connectivity index is 1.79. The van der Waals surface area contributed by atoms with Crippen LogP contribution in [-0.2, 0) is 38.0 Å². The SMILES string of the molecule is CCCCC/C=C\C/C=C\CCCCCCCCCC(=O)OC(COC(=O)CCCCC)COC1OC(COC2OC(CO)C(O)C(O)C2O)C(O)C(O)C1O. The minimum Gasteiger partial charge on any atom is -0.462 e. The molecule has 0 bridgehead atoms. The van der Waals surface area contributed by atoms with Crippen molar-refractivity contribution in [2.75, 3.05) is 26.4 Å². The van der Waals surface area contributed by atoms with Crippen molar-refractivity contribution >= 4 is 11.9 Å². The number of carbonyl (C=O) groups is 2. The van der Waals surface area contributed by atoms with E-state index in [1.54, 1.807) is 0 Å². The maximum Gasteiger partial charge on any atom is 0.306 e. The Morgan fingerprint density at radius 3 is 1.70 bits per heavy atom. The van der Waals surface area contributed by atoms with Crippen LogP contribution in [0.1, 0.15) is 129 Å². The number of ether oxygens (including phenoxy) is 6. The third-order valence-corrected chi connectivity index (χ3v) is 9.93. The minimum atomic E-state index is -1.76. The lowest BCUT2D eigenvalue weighted by atomic mass is 9.98. The summed E-state index contributed by atoms with van der Waals surface area (Å²) in [6.07, 6.45) is 9.02. The first-order chi connectivity index (χ1) is 27.0. The molecule has 0 aromatic rings. The molecule has 0 spiro atoms. The Bertz CT molecular complexity index is 1090. The summed E-state index contributed by atoms with van der Waals surface area (Å²) in [6.45, 7) is 2.33. The van der Waals surface area contributed by atoms with Gasteiger partial charge in [0.1, 0.15) is 55.4 Å². The predicted molar refractivity (Wildman–Crippen MR) is 206 cm³/mol. The van der Waals surface area contributed by atoms with Crippen molar-refractivity contribution in [1.82, 2.24) is 0 Å². The van der Waals surface area contributed by atoms with Gasteiger partial charge >= 0.3 is 11.9 Å². The Hall–Kier alpha value is -2.02. The van der Waals surface area contributed by atoms with Crippen LogP contribution < -0.4 is 0 Å². The number of carbonyl (C=O) groups excluding carboxylic acids is 2. The van der Waals surface area contributed by atoms with E-state index in [9.17, 15) is 45.3 Å². The van der Waals surface area contributed by atoms with Gasteiger partial charge in [0.2, 0.25) is 0 Å². The van der Waals surface area contributed by atoms with Gasteiger partial charge in [0, 0.05) is 12.8 Å². The number of allylic oxidation sites excluding steroid dienone is 4. The fourth-order valence-corrected chi connectivity index (χ4v) is 6.36. The van der Waals surface area contributed by atoms with E-state index in [2.05, 4.69) is 31.2 Å². The largest absolute Gasteiger partial charge is 0.462 e. The number of esters is 2. The summed E-state index contributed by atoms with van der Waals surface area (Å²) in [4.78, 5) is 25.1. The van der Waals surface area contributed by atoms with Gasteiger partial charge in [-0.15, -0.1) is 0 Å². The van der Waals surface area contributed by atoms with E-state index >= 15 is 0 Å². The van der Waals surface area contributed by atoms with Crippen LogP contribution in [0.25, 0.3) is 0 Å². The molecule has 7 N–H and O–H groups in total. The van der Waals surface area contributed by atoms with Gasteiger partial charge in [-0.2, -0.15) is 0 Å². The highest BCUT2D eigenvalue weighted by Crippen LogP contribution is 2.26. The molecule has 0 aromatic carbocycles. The molecule has 2 aliphatic rings. The molecule has 0 radical (unpaired) electrons. The summed E-state index contributed by atoms with van der Waals surface area (Å²) in [6, 6.07) is 0. The molecule has 2 fully saturated rings. The fourth-order valence-electron chi connectivity index (χ4n) is 6.36. The van der Waals surface area contributed by atoms with Gasteiger partial charge in [-0.1, -0.05) is 95.9 Å². The fraction of sp³-hybridized carbons (Fsp3) is 0.854. The lowest BCUT2D eigenvalue weighted by Crippen LogP contribution is -2.61. The molecule has 0 amide bonds. The van der Waals surface area contributed by atoms with E-state index in [-0.39, 0.29) is 26.1 Å². The molecule has 2 heterocycles. The molecule has 0 aromatic heterocycles. The molecule has 56 heavy (non-hydrogen) atoms. The molecule has 326 valence electrons. The van der Waals surface area contributed by atoms with Crippen LogP contribution in [0.4, 0.5) is 0 Å². The number of hydrogen-bond acceptors (Lipinski definition) is 15. The maximum atomic E-state index is 12.8. The number of hydrogen-bond donors (Lipinski definition) is 7. The van der Waals surface area contributed by atoms with Crippen molar-refractivity contribution in [2.45, 2.75) is 197 Å². The molecule has 0 saturated carbocycles. The van der Waals surface area contributed by atoms with Gasteiger partial charge in [0.15, 0.2) is 18.7 Å². The minimum absolute atomic E-state index is 0.156. The average Bonchev–Trinajstić information content (AvgIpc) is 3.19. The zero-order valence-corrected chi connectivity index (χ0v) is 33.6. The molecule has 15 heteroatoms. The van der Waals surface area contributed by atoms with Gasteiger partial charge in [0.25, 0.3) is 0 Å².